The number of benzene rings is 2. The second-order valence-corrected chi connectivity index (χ2v) is 5.25. The molecule has 0 aliphatic carbocycles. The molecule has 2 aromatic rings. The van der Waals surface area contributed by atoms with E-state index in [2.05, 4.69) is 0 Å². The molecule has 0 aliphatic heterocycles. The molecule has 0 N–H and O–H groups in total. The standard InChI is InChI=1S/C18H20O2/c1-12-8-9-16(15(4)10-12)17(19)11-20-18-13(2)6-5-7-14(18)3/h5-10H,11H2,1-4H3. The van der Waals surface area contributed by atoms with Crippen LogP contribution in [0.2, 0.25) is 0 Å². The maximum atomic E-state index is 12.2. The van der Waals surface area contributed by atoms with E-state index in [9.17, 15) is 4.79 Å². The Morgan fingerprint density at radius 1 is 0.950 bits per heavy atom. The molecule has 0 radical (unpaired) electrons. The molecule has 0 aliphatic rings. The van der Waals surface area contributed by atoms with Crippen LogP contribution in [0.4, 0.5) is 0 Å². The topological polar surface area (TPSA) is 26.3 Å². The third kappa shape index (κ3) is 3.08. The first-order chi connectivity index (χ1) is 9.49. The molecule has 104 valence electrons. The Bertz CT molecular complexity index is 622. The fourth-order valence-corrected chi connectivity index (χ4v) is 2.37. The summed E-state index contributed by atoms with van der Waals surface area (Å²) < 4.78 is 5.72. The summed E-state index contributed by atoms with van der Waals surface area (Å²) in [5.74, 6) is 0.829. The average Bonchev–Trinajstić information content (AvgIpc) is 2.37. The lowest BCUT2D eigenvalue weighted by atomic mass is 10.0. The van der Waals surface area contributed by atoms with Crippen LogP contribution >= 0.6 is 0 Å². The van der Waals surface area contributed by atoms with Crippen molar-refractivity contribution in [3.63, 3.8) is 0 Å². The van der Waals surface area contributed by atoms with Gasteiger partial charge in [-0.05, 0) is 44.4 Å². The van der Waals surface area contributed by atoms with Gasteiger partial charge in [-0.15, -0.1) is 0 Å². The summed E-state index contributed by atoms with van der Waals surface area (Å²) in [7, 11) is 0. The molecule has 0 heterocycles. The number of carbonyl (C=O) groups is 1. The van der Waals surface area contributed by atoms with Crippen molar-refractivity contribution in [2.24, 2.45) is 0 Å². The Morgan fingerprint density at radius 2 is 1.60 bits per heavy atom. The molecular weight excluding hydrogens is 248 g/mol. The van der Waals surface area contributed by atoms with Gasteiger partial charge in [0.25, 0.3) is 0 Å². The summed E-state index contributed by atoms with van der Waals surface area (Å²) in [5.41, 5.74) is 5.01. The Balaban J connectivity index is 2.13. The maximum absolute atomic E-state index is 12.2. The number of aryl methyl sites for hydroxylation is 4. The lowest BCUT2D eigenvalue weighted by molar-refractivity contribution is 0.0920. The van der Waals surface area contributed by atoms with E-state index < -0.39 is 0 Å². The number of ketones is 1. The van der Waals surface area contributed by atoms with Gasteiger partial charge in [0.15, 0.2) is 12.4 Å². The van der Waals surface area contributed by atoms with Crippen molar-refractivity contribution < 1.29 is 9.53 Å². The number of hydrogen-bond acceptors (Lipinski definition) is 2. The van der Waals surface area contributed by atoms with E-state index in [1.165, 1.54) is 0 Å². The molecule has 0 aromatic heterocycles. The molecule has 0 saturated heterocycles. The SMILES string of the molecule is Cc1ccc(C(=O)COc2c(C)cccc2C)c(C)c1. The molecule has 2 aromatic carbocycles. The largest absolute Gasteiger partial charge is 0.485 e. The summed E-state index contributed by atoms with van der Waals surface area (Å²) >= 11 is 0. The van der Waals surface area contributed by atoms with Crippen LogP contribution in [0.15, 0.2) is 36.4 Å². The van der Waals surface area contributed by atoms with Gasteiger partial charge in [0.2, 0.25) is 0 Å². The lowest BCUT2D eigenvalue weighted by Crippen LogP contribution is -2.14. The van der Waals surface area contributed by atoms with Gasteiger partial charge in [-0.3, -0.25) is 4.79 Å². The molecule has 20 heavy (non-hydrogen) atoms. The van der Waals surface area contributed by atoms with E-state index in [4.69, 9.17) is 4.74 Å². The van der Waals surface area contributed by atoms with Crippen molar-refractivity contribution in [2.75, 3.05) is 6.61 Å². The second-order valence-electron chi connectivity index (χ2n) is 5.25. The zero-order chi connectivity index (χ0) is 14.7. The van der Waals surface area contributed by atoms with Crippen LogP contribution in [0.1, 0.15) is 32.6 Å². The number of carbonyl (C=O) groups excluding carboxylic acids is 1. The minimum Gasteiger partial charge on any atom is -0.485 e. The summed E-state index contributed by atoms with van der Waals surface area (Å²) in [6.07, 6.45) is 0. The highest BCUT2D eigenvalue weighted by molar-refractivity contribution is 5.98. The smallest absolute Gasteiger partial charge is 0.200 e. The second kappa shape index (κ2) is 5.91. The van der Waals surface area contributed by atoms with Gasteiger partial charge in [-0.1, -0.05) is 42.0 Å². The van der Waals surface area contributed by atoms with Gasteiger partial charge in [-0.25, -0.2) is 0 Å². The fourth-order valence-electron chi connectivity index (χ4n) is 2.37. The first-order valence-corrected chi connectivity index (χ1v) is 6.78. The molecule has 2 heteroatoms. The van der Waals surface area contributed by atoms with E-state index in [-0.39, 0.29) is 12.4 Å². The minimum atomic E-state index is 0.0187. The Kier molecular flexibility index (Phi) is 4.23. The molecule has 0 fully saturated rings. The van der Waals surface area contributed by atoms with Crippen molar-refractivity contribution in [2.45, 2.75) is 27.7 Å². The number of Topliss-reactive ketones (excluding diaryl/α,β-unsaturated/α-hetero) is 1. The highest BCUT2D eigenvalue weighted by Gasteiger charge is 2.11. The third-order valence-electron chi connectivity index (χ3n) is 3.44. The van der Waals surface area contributed by atoms with Crippen LogP contribution in [0.3, 0.4) is 0 Å². The maximum Gasteiger partial charge on any atom is 0.200 e. The van der Waals surface area contributed by atoms with E-state index >= 15 is 0 Å². The van der Waals surface area contributed by atoms with Crippen LogP contribution in [0, 0.1) is 27.7 Å². The number of rotatable bonds is 4. The Morgan fingerprint density at radius 3 is 2.20 bits per heavy atom. The monoisotopic (exact) mass is 268 g/mol. The highest BCUT2D eigenvalue weighted by Crippen LogP contribution is 2.22. The third-order valence-corrected chi connectivity index (χ3v) is 3.44. The van der Waals surface area contributed by atoms with Crippen LogP contribution in [0.25, 0.3) is 0 Å². The van der Waals surface area contributed by atoms with Crippen LogP contribution in [0.5, 0.6) is 5.75 Å². The Hall–Kier alpha value is -2.09. The van der Waals surface area contributed by atoms with Crippen molar-refractivity contribution in [3.8, 4) is 5.75 Å². The summed E-state index contributed by atoms with van der Waals surface area (Å²) in [6, 6.07) is 11.8. The predicted molar refractivity (Wildman–Crippen MR) is 81.7 cm³/mol. The van der Waals surface area contributed by atoms with Crippen molar-refractivity contribution in [1.29, 1.82) is 0 Å². The minimum absolute atomic E-state index is 0.0187. The molecule has 0 atom stereocenters. The predicted octanol–water partition coefficient (Wildman–Crippen LogP) is 4.18. The van der Waals surface area contributed by atoms with E-state index in [1.807, 2.05) is 64.1 Å². The van der Waals surface area contributed by atoms with E-state index in [1.54, 1.807) is 0 Å². The summed E-state index contributed by atoms with van der Waals surface area (Å²) in [5, 5.41) is 0. The van der Waals surface area contributed by atoms with Crippen LogP contribution in [-0.4, -0.2) is 12.4 Å². The molecule has 0 spiro atoms. The fraction of sp³-hybridized carbons (Fsp3) is 0.278. The molecule has 2 rings (SSSR count). The first kappa shape index (κ1) is 14.3. The van der Waals surface area contributed by atoms with Gasteiger partial charge >= 0.3 is 0 Å². The molecule has 0 bridgehead atoms. The zero-order valence-electron chi connectivity index (χ0n) is 12.5. The zero-order valence-corrected chi connectivity index (χ0v) is 12.5. The molecule has 0 unspecified atom stereocenters. The van der Waals surface area contributed by atoms with Crippen molar-refractivity contribution in [3.05, 3.63) is 64.2 Å². The summed E-state index contributed by atoms with van der Waals surface area (Å²) in [6.45, 7) is 8.04. The molecular formula is C18H20O2. The van der Waals surface area contributed by atoms with Crippen LogP contribution < -0.4 is 4.74 Å². The first-order valence-electron chi connectivity index (χ1n) is 6.78. The number of ether oxygens (including phenoxy) is 1. The molecule has 0 saturated carbocycles. The van der Waals surface area contributed by atoms with Crippen molar-refractivity contribution >= 4 is 5.78 Å². The number of hydrogen-bond donors (Lipinski definition) is 0. The summed E-state index contributed by atoms with van der Waals surface area (Å²) in [4.78, 5) is 12.2. The van der Waals surface area contributed by atoms with Gasteiger partial charge < -0.3 is 4.74 Å². The number of para-hydroxylation sites is 1. The van der Waals surface area contributed by atoms with E-state index in [0.29, 0.717) is 0 Å². The van der Waals surface area contributed by atoms with Gasteiger partial charge in [0.1, 0.15) is 5.75 Å². The molecule has 2 nitrogen and oxygen atoms in total. The molecule has 0 amide bonds. The van der Waals surface area contributed by atoms with E-state index in [0.717, 1.165) is 33.6 Å². The average molecular weight is 268 g/mol. The quantitative estimate of drug-likeness (QED) is 0.777. The lowest BCUT2D eigenvalue weighted by Gasteiger charge is -2.12. The highest BCUT2D eigenvalue weighted by atomic mass is 16.5. The Labute approximate surface area is 120 Å². The van der Waals surface area contributed by atoms with Crippen molar-refractivity contribution in [1.82, 2.24) is 0 Å². The van der Waals surface area contributed by atoms with Gasteiger partial charge in [-0.2, -0.15) is 0 Å². The normalized spacial score (nSPS) is 10.4. The van der Waals surface area contributed by atoms with Gasteiger partial charge in [0, 0.05) is 5.56 Å². The van der Waals surface area contributed by atoms with Gasteiger partial charge in [0.05, 0.1) is 0 Å². The van der Waals surface area contributed by atoms with Crippen LogP contribution in [-0.2, 0) is 0 Å².